The summed E-state index contributed by atoms with van der Waals surface area (Å²) in [4.78, 5) is 25.5. The van der Waals surface area contributed by atoms with E-state index in [1.165, 1.54) is 10.6 Å². The van der Waals surface area contributed by atoms with Crippen molar-refractivity contribution in [3.63, 3.8) is 0 Å². The summed E-state index contributed by atoms with van der Waals surface area (Å²) in [5, 5.41) is 12.9. The average Bonchev–Trinajstić information content (AvgIpc) is 2.88. The Morgan fingerprint density at radius 2 is 1.93 bits per heavy atom. The molecule has 2 heterocycles. The average molecular weight is 363 g/mol. The number of aromatic nitrogens is 1. The van der Waals surface area contributed by atoms with Gasteiger partial charge >= 0.3 is 0 Å². The third-order valence-corrected chi connectivity index (χ3v) is 4.98. The second-order valence-electron chi connectivity index (χ2n) is 6.77. The number of rotatable bonds is 3. The van der Waals surface area contributed by atoms with Crippen LogP contribution in [0.3, 0.4) is 0 Å². The minimum atomic E-state index is -0.779. The molecule has 3 rings (SSSR count). The van der Waals surface area contributed by atoms with Crippen LogP contribution in [0.25, 0.3) is 10.9 Å². The molecule has 1 aromatic carbocycles. The first-order valence-electron chi connectivity index (χ1n) is 8.68. The SMILES string of the molecule is Cc1oc(NC(=O)C(C)n2c(=O)cc(C)c3cccc(C)c32)c(C#N)c1C. The molecule has 27 heavy (non-hydrogen) atoms. The third kappa shape index (κ3) is 3.02. The molecule has 2 aromatic heterocycles. The van der Waals surface area contributed by atoms with Gasteiger partial charge in [0, 0.05) is 17.0 Å². The highest BCUT2D eigenvalue weighted by molar-refractivity contribution is 5.95. The minimum absolute atomic E-state index is 0.116. The van der Waals surface area contributed by atoms with E-state index in [0.717, 1.165) is 22.0 Å². The molecule has 0 aliphatic rings. The Bertz CT molecular complexity index is 1160. The predicted molar refractivity (Wildman–Crippen MR) is 104 cm³/mol. The summed E-state index contributed by atoms with van der Waals surface area (Å²) < 4.78 is 7.00. The molecule has 1 N–H and O–H groups in total. The maximum atomic E-state index is 12.9. The second kappa shape index (κ2) is 6.76. The van der Waals surface area contributed by atoms with Crippen LogP contribution in [-0.2, 0) is 4.79 Å². The van der Waals surface area contributed by atoms with E-state index in [1.54, 1.807) is 20.8 Å². The maximum absolute atomic E-state index is 12.9. The van der Waals surface area contributed by atoms with E-state index >= 15 is 0 Å². The number of fused-ring (bicyclic) bond motifs is 1. The molecular weight excluding hydrogens is 342 g/mol. The molecule has 0 saturated heterocycles. The Hall–Kier alpha value is -3.33. The molecule has 1 unspecified atom stereocenters. The van der Waals surface area contributed by atoms with Crippen molar-refractivity contribution in [3.8, 4) is 6.07 Å². The number of carbonyl (C=O) groups is 1. The topological polar surface area (TPSA) is 88.0 Å². The van der Waals surface area contributed by atoms with Crippen molar-refractivity contribution in [2.45, 2.75) is 40.7 Å². The number of nitrogens with one attached hydrogen (secondary N) is 1. The molecule has 0 bridgehead atoms. The van der Waals surface area contributed by atoms with E-state index in [-0.39, 0.29) is 11.4 Å². The molecule has 0 fully saturated rings. The van der Waals surface area contributed by atoms with Gasteiger partial charge in [0.15, 0.2) is 0 Å². The van der Waals surface area contributed by atoms with Crippen molar-refractivity contribution in [1.82, 2.24) is 4.57 Å². The van der Waals surface area contributed by atoms with Gasteiger partial charge in [-0.15, -0.1) is 0 Å². The van der Waals surface area contributed by atoms with Gasteiger partial charge in [0.2, 0.25) is 11.8 Å². The summed E-state index contributed by atoms with van der Waals surface area (Å²) in [5.74, 6) is 0.268. The number of amides is 1. The number of nitrogens with zero attached hydrogens (tertiary/aromatic N) is 2. The van der Waals surface area contributed by atoms with Crippen LogP contribution in [0.4, 0.5) is 5.88 Å². The van der Waals surface area contributed by atoms with Crippen LogP contribution in [0.1, 0.15) is 41.0 Å². The number of furan rings is 1. The first kappa shape index (κ1) is 18.5. The van der Waals surface area contributed by atoms with Crippen LogP contribution >= 0.6 is 0 Å². The van der Waals surface area contributed by atoms with E-state index in [0.29, 0.717) is 16.9 Å². The van der Waals surface area contributed by atoms with E-state index in [2.05, 4.69) is 5.32 Å². The molecule has 6 nitrogen and oxygen atoms in total. The quantitative estimate of drug-likeness (QED) is 0.764. The smallest absolute Gasteiger partial charge is 0.252 e. The molecule has 1 atom stereocenters. The highest BCUT2D eigenvalue weighted by atomic mass is 16.4. The van der Waals surface area contributed by atoms with Gasteiger partial charge in [0.25, 0.3) is 5.56 Å². The summed E-state index contributed by atoms with van der Waals surface area (Å²) in [6, 6.07) is 8.58. The highest BCUT2D eigenvalue weighted by Crippen LogP contribution is 2.27. The number of aryl methyl sites for hydroxylation is 3. The Labute approximate surface area is 157 Å². The molecule has 0 saturated carbocycles. The van der Waals surface area contributed by atoms with Gasteiger partial charge in [-0.3, -0.25) is 19.5 Å². The molecule has 1 amide bonds. The number of nitriles is 1. The lowest BCUT2D eigenvalue weighted by Crippen LogP contribution is -2.32. The molecular formula is C21H21N3O3. The Kier molecular flexibility index (Phi) is 4.63. The largest absolute Gasteiger partial charge is 0.444 e. The lowest BCUT2D eigenvalue weighted by Gasteiger charge is -2.19. The molecule has 6 heteroatoms. The zero-order valence-electron chi connectivity index (χ0n) is 16.0. The van der Waals surface area contributed by atoms with E-state index in [4.69, 9.17) is 4.42 Å². The van der Waals surface area contributed by atoms with E-state index in [1.807, 2.05) is 38.1 Å². The normalized spacial score (nSPS) is 12.0. The van der Waals surface area contributed by atoms with Crippen LogP contribution in [-0.4, -0.2) is 10.5 Å². The fourth-order valence-corrected chi connectivity index (χ4v) is 3.31. The maximum Gasteiger partial charge on any atom is 0.252 e. The number of pyridine rings is 1. The fourth-order valence-electron chi connectivity index (χ4n) is 3.31. The Balaban J connectivity index is 2.08. The first-order chi connectivity index (χ1) is 12.8. The summed E-state index contributed by atoms with van der Waals surface area (Å²) in [6.45, 7) is 8.95. The third-order valence-electron chi connectivity index (χ3n) is 4.98. The van der Waals surface area contributed by atoms with Crippen LogP contribution in [0.5, 0.6) is 0 Å². The number of benzene rings is 1. The second-order valence-corrected chi connectivity index (χ2v) is 6.77. The number of carbonyl (C=O) groups excluding carboxylic acids is 1. The first-order valence-corrected chi connectivity index (χ1v) is 8.68. The molecule has 138 valence electrons. The van der Waals surface area contributed by atoms with Crippen molar-refractivity contribution in [2.24, 2.45) is 0 Å². The van der Waals surface area contributed by atoms with Crippen LogP contribution in [0.15, 0.2) is 33.5 Å². The Morgan fingerprint density at radius 3 is 2.59 bits per heavy atom. The van der Waals surface area contributed by atoms with Gasteiger partial charge < -0.3 is 4.42 Å². The molecule has 0 radical (unpaired) electrons. The van der Waals surface area contributed by atoms with Crippen molar-refractivity contribution in [3.05, 3.63) is 62.6 Å². The van der Waals surface area contributed by atoms with Crippen LogP contribution in [0, 0.1) is 39.0 Å². The van der Waals surface area contributed by atoms with Crippen molar-refractivity contribution in [2.75, 3.05) is 5.32 Å². The van der Waals surface area contributed by atoms with Crippen molar-refractivity contribution >= 4 is 22.7 Å². The standard InChI is InChI=1S/C21H21N3O3/c1-11-7-6-8-16-12(2)9-18(25)24(19(11)16)14(4)20(26)23-21-17(10-22)13(3)15(5)27-21/h6-9,14H,1-5H3,(H,23,26). The summed E-state index contributed by atoms with van der Waals surface area (Å²) in [6.07, 6.45) is 0. The van der Waals surface area contributed by atoms with E-state index < -0.39 is 11.9 Å². The van der Waals surface area contributed by atoms with Crippen LogP contribution < -0.4 is 10.9 Å². The van der Waals surface area contributed by atoms with E-state index in [9.17, 15) is 14.9 Å². The van der Waals surface area contributed by atoms with Gasteiger partial charge in [-0.05, 0) is 45.7 Å². The van der Waals surface area contributed by atoms with Crippen LogP contribution in [0.2, 0.25) is 0 Å². The summed E-state index contributed by atoms with van der Waals surface area (Å²) >= 11 is 0. The van der Waals surface area contributed by atoms with Gasteiger partial charge in [-0.2, -0.15) is 5.26 Å². The molecule has 0 aliphatic carbocycles. The zero-order valence-corrected chi connectivity index (χ0v) is 16.0. The highest BCUT2D eigenvalue weighted by Gasteiger charge is 2.23. The lowest BCUT2D eigenvalue weighted by molar-refractivity contribution is -0.118. The fraction of sp³-hybridized carbons (Fsp3) is 0.286. The van der Waals surface area contributed by atoms with Gasteiger partial charge in [0.1, 0.15) is 23.4 Å². The summed E-state index contributed by atoms with van der Waals surface area (Å²) in [7, 11) is 0. The van der Waals surface area contributed by atoms with Gasteiger partial charge in [0.05, 0.1) is 5.52 Å². The van der Waals surface area contributed by atoms with Crippen molar-refractivity contribution in [1.29, 1.82) is 5.26 Å². The zero-order chi connectivity index (χ0) is 19.9. The lowest BCUT2D eigenvalue weighted by atomic mass is 10.1. The number of hydrogen-bond donors (Lipinski definition) is 1. The minimum Gasteiger partial charge on any atom is -0.444 e. The predicted octanol–water partition coefficient (Wildman–Crippen LogP) is 3.90. The van der Waals surface area contributed by atoms with Gasteiger partial charge in [-0.25, -0.2) is 0 Å². The number of anilines is 1. The Morgan fingerprint density at radius 1 is 1.22 bits per heavy atom. The molecule has 0 spiro atoms. The molecule has 0 aliphatic heterocycles. The van der Waals surface area contributed by atoms with Gasteiger partial charge in [-0.1, -0.05) is 18.2 Å². The monoisotopic (exact) mass is 363 g/mol. The number of para-hydroxylation sites is 1. The summed E-state index contributed by atoms with van der Waals surface area (Å²) in [5.41, 5.74) is 3.25. The molecule has 3 aromatic rings. The number of hydrogen-bond acceptors (Lipinski definition) is 4. The van der Waals surface area contributed by atoms with Crippen molar-refractivity contribution < 1.29 is 9.21 Å².